The minimum Gasteiger partial charge on any atom is -0.318 e. The maximum Gasteiger partial charge on any atom is 0.279 e. The fraction of sp³-hybridized carbons (Fsp3) is 0.769. The van der Waals surface area contributed by atoms with Gasteiger partial charge in [-0.3, -0.25) is 4.68 Å². The van der Waals surface area contributed by atoms with Gasteiger partial charge < -0.3 is 5.32 Å². The summed E-state index contributed by atoms with van der Waals surface area (Å²) >= 11 is 0. The number of nitrogens with zero attached hydrogens (tertiary/aromatic N) is 3. The lowest BCUT2D eigenvalue weighted by molar-refractivity contribution is 0.246. The van der Waals surface area contributed by atoms with Crippen molar-refractivity contribution in [3.8, 4) is 0 Å². The van der Waals surface area contributed by atoms with Crippen molar-refractivity contribution in [1.82, 2.24) is 24.1 Å². The van der Waals surface area contributed by atoms with E-state index in [2.05, 4.69) is 15.1 Å². The highest BCUT2D eigenvalue weighted by Crippen LogP contribution is 2.19. The molecule has 2 N–H and O–H groups in total. The third-order valence-corrected chi connectivity index (χ3v) is 5.58. The largest absolute Gasteiger partial charge is 0.318 e. The maximum absolute atomic E-state index is 12.4. The van der Waals surface area contributed by atoms with E-state index in [0.717, 1.165) is 25.0 Å². The molecule has 8 heteroatoms. The molecule has 1 aliphatic heterocycles. The molecule has 1 fully saturated rings. The molecular formula is C13H25N5O2S. The van der Waals surface area contributed by atoms with Gasteiger partial charge >= 0.3 is 0 Å². The SMILES string of the molecule is CNCC1CCCCN1S(=O)(=O)NCCc1ccnn1C. The Morgan fingerprint density at radius 3 is 2.90 bits per heavy atom. The number of aromatic nitrogens is 2. The van der Waals surface area contributed by atoms with Gasteiger partial charge in [0.05, 0.1) is 0 Å². The van der Waals surface area contributed by atoms with Gasteiger partial charge in [-0.2, -0.15) is 17.8 Å². The third kappa shape index (κ3) is 4.26. The Labute approximate surface area is 126 Å². The highest BCUT2D eigenvalue weighted by atomic mass is 32.2. The monoisotopic (exact) mass is 315 g/mol. The molecule has 1 aromatic heterocycles. The molecule has 0 spiro atoms. The van der Waals surface area contributed by atoms with Crippen LogP contribution in [0.25, 0.3) is 0 Å². The number of piperidine rings is 1. The number of nitrogens with one attached hydrogen (secondary N) is 2. The fourth-order valence-corrected chi connectivity index (χ4v) is 4.24. The minimum atomic E-state index is -3.41. The van der Waals surface area contributed by atoms with Gasteiger partial charge in [-0.15, -0.1) is 0 Å². The first-order valence-corrected chi connectivity index (χ1v) is 8.86. The molecule has 2 heterocycles. The standard InChI is InChI=1S/C13H25N5O2S/c1-14-11-13-5-3-4-10-18(13)21(19,20)16-9-7-12-6-8-15-17(12)2/h6,8,13-14,16H,3-5,7,9-11H2,1-2H3. The number of rotatable bonds is 7. The Kier molecular flexibility index (Phi) is 5.74. The summed E-state index contributed by atoms with van der Waals surface area (Å²) in [5, 5.41) is 7.16. The zero-order valence-corrected chi connectivity index (χ0v) is 13.6. The molecule has 120 valence electrons. The van der Waals surface area contributed by atoms with Gasteiger partial charge in [0.25, 0.3) is 10.2 Å². The molecule has 0 aliphatic carbocycles. The molecule has 0 aromatic carbocycles. The summed E-state index contributed by atoms with van der Waals surface area (Å²) in [5.74, 6) is 0. The van der Waals surface area contributed by atoms with E-state index in [1.165, 1.54) is 0 Å². The van der Waals surface area contributed by atoms with Crippen LogP contribution in [0.2, 0.25) is 0 Å². The van der Waals surface area contributed by atoms with Crippen LogP contribution in [0, 0.1) is 0 Å². The number of hydrogen-bond acceptors (Lipinski definition) is 4. The highest BCUT2D eigenvalue weighted by Gasteiger charge is 2.31. The van der Waals surface area contributed by atoms with Crippen molar-refractivity contribution in [2.75, 3.05) is 26.7 Å². The van der Waals surface area contributed by atoms with E-state index >= 15 is 0 Å². The molecule has 21 heavy (non-hydrogen) atoms. The second-order valence-corrected chi connectivity index (χ2v) is 7.12. The molecular weight excluding hydrogens is 290 g/mol. The van der Waals surface area contributed by atoms with E-state index in [1.54, 1.807) is 15.2 Å². The lowest BCUT2D eigenvalue weighted by Crippen LogP contribution is -2.52. The van der Waals surface area contributed by atoms with Crippen molar-refractivity contribution in [1.29, 1.82) is 0 Å². The van der Waals surface area contributed by atoms with Crippen molar-refractivity contribution in [2.24, 2.45) is 7.05 Å². The van der Waals surface area contributed by atoms with Gasteiger partial charge in [0.15, 0.2) is 0 Å². The van der Waals surface area contributed by atoms with E-state index in [9.17, 15) is 8.42 Å². The van der Waals surface area contributed by atoms with Gasteiger partial charge in [0, 0.05) is 51.0 Å². The van der Waals surface area contributed by atoms with Crippen LogP contribution < -0.4 is 10.0 Å². The number of likely N-dealkylation sites (N-methyl/N-ethyl adjacent to an activating group) is 1. The number of hydrogen-bond donors (Lipinski definition) is 2. The van der Waals surface area contributed by atoms with Crippen molar-refractivity contribution in [3.05, 3.63) is 18.0 Å². The second kappa shape index (κ2) is 7.35. The van der Waals surface area contributed by atoms with Crippen LogP contribution in [-0.4, -0.2) is 55.2 Å². The minimum absolute atomic E-state index is 0.0537. The third-order valence-electron chi connectivity index (χ3n) is 3.91. The van der Waals surface area contributed by atoms with E-state index in [-0.39, 0.29) is 6.04 Å². The molecule has 1 atom stereocenters. The van der Waals surface area contributed by atoms with Crippen LogP contribution in [-0.2, 0) is 23.7 Å². The van der Waals surface area contributed by atoms with Crippen LogP contribution >= 0.6 is 0 Å². The first kappa shape index (κ1) is 16.4. The van der Waals surface area contributed by atoms with Crippen LogP contribution in [0.4, 0.5) is 0 Å². The molecule has 1 unspecified atom stereocenters. The molecule has 1 saturated heterocycles. The Morgan fingerprint density at radius 2 is 2.24 bits per heavy atom. The van der Waals surface area contributed by atoms with Crippen LogP contribution in [0.5, 0.6) is 0 Å². The van der Waals surface area contributed by atoms with Crippen LogP contribution in [0.1, 0.15) is 25.0 Å². The van der Waals surface area contributed by atoms with Crippen molar-refractivity contribution in [3.63, 3.8) is 0 Å². The predicted octanol–water partition coefficient (Wildman–Crippen LogP) is -0.129. The lowest BCUT2D eigenvalue weighted by Gasteiger charge is -2.34. The van der Waals surface area contributed by atoms with Gasteiger partial charge in [-0.25, -0.2) is 4.72 Å². The van der Waals surface area contributed by atoms with Crippen LogP contribution in [0.3, 0.4) is 0 Å². The van der Waals surface area contributed by atoms with Crippen molar-refractivity contribution in [2.45, 2.75) is 31.7 Å². The molecule has 1 aromatic rings. The molecule has 7 nitrogen and oxygen atoms in total. The summed E-state index contributed by atoms with van der Waals surface area (Å²) in [6.07, 6.45) is 5.30. The second-order valence-electron chi connectivity index (χ2n) is 5.41. The Morgan fingerprint density at radius 1 is 1.43 bits per heavy atom. The summed E-state index contributed by atoms with van der Waals surface area (Å²) in [6.45, 7) is 1.70. The summed E-state index contributed by atoms with van der Waals surface area (Å²) in [7, 11) is 0.308. The van der Waals surface area contributed by atoms with E-state index < -0.39 is 10.2 Å². The van der Waals surface area contributed by atoms with Gasteiger partial charge in [0.1, 0.15) is 0 Å². The first-order chi connectivity index (χ1) is 10.0. The predicted molar refractivity (Wildman–Crippen MR) is 82.1 cm³/mol. The Bertz CT molecular complexity index is 541. The molecule has 1 aliphatic rings. The molecule has 0 saturated carbocycles. The van der Waals surface area contributed by atoms with Gasteiger partial charge in [-0.05, 0) is 26.0 Å². The lowest BCUT2D eigenvalue weighted by atomic mass is 10.1. The molecule has 0 radical (unpaired) electrons. The summed E-state index contributed by atoms with van der Waals surface area (Å²) in [6, 6.07) is 1.96. The highest BCUT2D eigenvalue weighted by molar-refractivity contribution is 7.87. The summed E-state index contributed by atoms with van der Waals surface area (Å²) in [4.78, 5) is 0. The maximum atomic E-state index is 12.4. The first-order valence-electron chi connectivity index (χ1n) is 7.42. The Hall–Kier alpha value is -0.960. The Balaban J connectivity index is 1.92. The smallest absolute Gasteiger partial charge is 0.279 e. The molecule has 0 bridgehead atoms. The average Bonchev–Trinajstić information content (AvgIpc) is 2.85. The van der Waals surface area contributed by atoms with Crippen molar-refractivity contribution < 1.29 is 8.42 Å². The molecule has 2 rings (SSSR count). The summed E-state index contributed by atoms with van der Waals surface area (Å²) in [5.41, 5.74) is 1.02. The molecule has 0 amide bonds. The van der Waals surface area contributed by atoms with E-state index in [4.69, 9.17) is 0 Å². The quantitative estimate of drug-likeness (QED) is 0.735. The zero-order chi connectivity index (χ0) is 15.3. The van der Waals surface area contributed by atoms with E-state index in [1.807, 2.05) is 20.2 Å². The van der Waals surface area contributed by atoms with E-state index in [0.29, 0.717) is 26.1 Å². The topological polar surface area (TPSA) is 79.3 Å². The summed E-state index contributed by atoms with van der Waals surface area (Å²) < 4.78 is 31.0. The number of aryl methyl sites for hydroxylation is 1. The fourth-order valence-electron chi connectivity index (χ4n) is 2.77. The van der Waals surface area contributed by atoms with Crippen molar-refractivity contribution >= 4 is 10.2 Å². The zero-order valence-electron chi connectivity index (χ0n) is 12.7. The van der Waals surface area contributed by atoms with Crippen LogP contribution in [0.15, 0.2) is 12.3 Å². The normalized spacial score (nSPS) is 20.8. The average molecular weight is 315 g/mol. The van der Waals surface area contributed by atoms with Gasteiger partial charge in [0.2, 0.25) is 0 Å². The van der Waals surface area contributed by atoms with Gasteiger partial charge in [-0.1, -0.05) is 6.42 Å².